The SMILES string of the molecule is Cc1ccccc1N1CCN(C(=O)CC2CCCN2)CC1.Cl.Cl. The van der Waals surface area contributed by atoms with E-state index in [2.05, 4.69) is 41.4 Å². The van der Waals surface area contributed by atoms with Crippen LogP contribution in [0.4, 0.5) is 5.69 Å². The molecule has 2 fully saturated rings. The van der Waals surface area contributed by atoms with Crippen LogP contribution in [0, 0.1) is 6.92 Å². The smallest absolute Gasteiger partial charge is 0.224 e. The van der Waals surface area contributed by atoms with Crippen molar-refractivity contribution < 1.29 is 4.79 Å². The van der Waals surface area contributed by atoms with Crippen LogP contribution < -0.4 is 10.2 Å². The molecule has 0 saturated carbocycles. The standard InChI is InChI=1S/C17H25N3O.2ClH/c1-14-5-2-3-7-16(14)19-9-11-20(12-10-19)17(21)13-15-6-4-8-18-15;;/h2-3,5,7,15,18H,4,6,8-13H2,1H3;2*1H. The molecule has 1 amide bonds. The molecule has 130 valence electrons. The quantitative estimate of drug-likeness (QED) is 0.900. The van der Waals surface area contributed by atoms with E-state index >= 15 is 0 Å². The van der Waals surface area contributed by atoms with Gasteiger partial charge in [-0.3, -0.25) is 4.79 Å². The molecule has 1 atom stereocenters. The number of amides is 1. The molecule has 1 N–H and O–H groups in total. The van der Waals surface area contributed by atoms with E-state index in [1.807, 2.05) is 4.90 Å². The van der Waals surface area contributed by atoms with Gasteiger partial charge in [-0.15, -0.1) is 24.8 Å². The zero-order chi connectivity index (χ0) is 14.7. The summed E-state index contributed by atoms with van der Waals surface area (Å²) in [7, 11) is 0. The zero-order valence-electron chi connectivity index (χ0n) is 13.7. The molecule has 2 heterocycles. The highest BCUT2D eigenvalue weighted by atomic mass is 35.5. The minimum atomic E-state index is 0. The summed E-state index contributed by atoms with van der Waals surface area (Å²) in [6.45, 7) is 6.79. The molecule has 23 heavy (non-hydrogen) atoms. The van der Waals surface area contributed by atoms with Crippen molar-refractivity contribution in [3.8, 4) is 0 Å². The van der Waals surface area contributed by atoms with Crippen LogP contribution in [-0.4, -0.2) is 49.6 Å². The van der Waals surface area contributed by atoms with Crippen LogP contribution in [0.2, 0.25) is 0 Å². The van der Waals surface area contributed by atoms with Crippen LogP contribution in [0.25, 0.3) is 0 Å². The Kier molecular flexibility index (Phi) is 8.17. The van der Waals surface area contributed by atoms with Gasteiger partial charge in [-0.2, -0.15) is 0 Å². The predicted octanol–water partition coefficient (Wildman–Crippen LogP) is 2.63. The molecule has 0 aliphatic carbocycles. The highest BCUT2D eigenvalue weighted by molar-refractivity contribution is 5.85. The number of aryl methyl sites for hydroxylation is 1. The first-order chi connectivity index (χ1) is 10.2. The Balaban J connectivity index is 0.00000132. The number of benzene rings is 1. The molecule has 1 aromatic rings. The van der Waals surface area contributed by atoms with E-state index in [0.717, 1.165) is 39.1 Å². The number of anilines is 1. The van der Waals surface area contributed by atoms with Crippen molar-refractivity contribution in [3.63, 3.8) is 0 Å². The molecule has 0 radical (unpaired) electrons. The number of carbonyl (C=O) groups is 1. The lowest BCUT2D eigenvalue weighted by Crippen LogP contribution is -2.49. The van der Waals surface area contributed by atoms with Crippen LogP contribution >= 0.6 is 24.8 Å². The third kappa shape index (κ3) is 5.00. The number of hydrogen-bond donors (Lipinski definition) is 1. The summed E-state index contributed by atoms with van der Waals surface area (Å²) in [5.41, 5.74) is 2.62. The van der Waals surface area contributed by atoms with Crippen molar-refractivity contribution >= 4 is 36.4 Å². The third-order valence-electron chi connectivity index (χ3n) is 4.67. The van der Waals surface area contributed by atoms with Crippen molar-refractivity contribution in [2.45, 2.75) is 32.2 Å². The van der Waals surface area contributed by atoms with Gasteiger partial charge in [0, 0.05) is 44.3 Å². The van der Waals surface area contributed by atoms with Gasteiger partial charge in [0.25, 0.3) is 0 Å². The number of nitrogens with zero attached hydrogens (tertiary/aromatic N) is 2. The third-order valence-corrected chi connectivity index (χ3v) is 4.67. The Hall–Kier alpha value is -0.970. The fourth-order valence-corrected chi connectivity index (χ4v) is 3.39. The summed E-state index contributed by atoms with van der Waals surface area (Å²) in [6, 6.07) is 8.90. The maximum atomic E-state index is 12.3. The number of piperazine rings is 1. The molecule has 6 heteroatoms. The first-order valence-electron chi connectivity index (χ1n) is 8.06. The van der Waals surface area contributed by atoms with E-state index in [4.69, 9.17) is 0 Å². The maximum Gasteiger partial charge on any atom is 0.224 e. The zero-order valence-corrected chi connectivity index (χ0v) is 15.3. The Morgan fingerprint density at radius 1 is 1.17 bits per heavy atom. The largest absolute Gasteiger partial charge is 0.368 e. The van der Waals surface area contributed by atoms with E-state index in [1.165, 1.54) is 17.7 Å². The second-order valence-corrected chi connectivity index (χ2v) is 6.15. The van der Waals surface area contributed by atoms with Gasteiger partial charge in [0.1, 0.15) is 0 Å². The Bertz CT molecular complexity index is 498. The van der Waals surface area contributed by atoms with Gasteiger partial charge in [0.05, 0.1) is 0 Å². The molecule has 4 nitrogen and oxygen atoms in total. The van der Waals surface area contributed by atoms with E-state index in [-0.39, 0.29) is 24.8 Å². The lowest BCUT2D eigenvalue weighted by molar-refractivity contribution is -0.131. The molecule has 2 aliphatic rings. The van der Waals surface area contributed by atoms with Crippen molar-refractivity contribution in [1.29, 1.82) is 0 Å². The molecule has 1 aromatic carbocycles. The van der Waals surface area contributed by atoms with Crippen LogP contribution in [0.5, 0.6) is 0 Å². The number of nitrogens with one attached hydrogen (secondary N) is 1. The van der Waals surface area contributed by atoms with Crippen LogP contribution in [0.15, 0.2) is 24.3 Å². The lowest BCUT2D eigenvalue weighted by atomic mass is 10.1. The summed E-state index contributed by atoms with van der Waals surface area (Å²) in [5, 5.41) is 3.41. The molecule has 3 rings (SSSR count). The number of para-hydroxylation sites is 1. The fourth-order valence-electron chi connectivity index (χ4n) is 3.39. The van der Waals surface area contributed by atoms with E-state index in [0.29, 0.717) is 18.4 Å². The molecule has 0 bridgehead atoms. The molecule has 1 unspecified atom stereocenters. The molecule has 0 aromatic heterocycles. The molecule has 2 saturated heterocycles. The van der Waals surface area contributed by atoms with Crippen molar-refractivity contribution in [1.82, 2.24) is 10.2 Å². The average molecular weight is 360 g/mol. The summed E-state index contributed by atoms with van der Waals surface area (Å²) in [5.74, 6) is 0.318. The normalized spacial score (nSPS) is 20.7. The minimum Gasteiger partial charge on any atom is -0.368 e. The van der Waals surface area contributed by atoms with Crippen LogP contribution in [0.1, 0.15) is 24.8 Å². The summed E-state index contributed by atoms with van der Waals surface area (Å²) >= 11 is 0. The molecular formula is C17H27Cl2N3O. The summed E-state index contributed by atoms with van der Waals surface area (Å²) in [6.07, 6.45) is 3.03. The monoisotopic (exact) mass is 359 g/mol. The van der Waals surface area contributed by atoms with Gasteiger partial charge < -0.3 is 15.1 Å². The van der Waals surface area contributed by atoms with Gasteiger partial charge in [-0.05, 0) is 37.9 Å². The van der Waals surface area contributed by atoms with Crippen molar-refractivity contribution in [2.75, 3.05) is 37.6 Å². The van der Waals surface area contributed by atoms with E-state index < -0.39 is 0 Å². The van der Waals surface area contributed by atoms with E-state index in [1.54, 1.807) is 0 Å². The Morgan fingerprint density at radius 2 is 1.87 bits per heavy atom. The topological polar surface area (TPSA) is 35.6 Å². The van der Waals surface area contributed by atoms with Gasteiger partial charge >= 0.3 is 0 Å². The summed E-state index contributed by atoms with van der Waals surface area (Å²) in [4.78, 5) is 16.8. The first-order valence-corrected chi connectivity index (χ1v) is 8.06. The second kappa shape index (κ2) is 9.36. The lowest BCUT2D eigenvalue weighted by Gasteiger charge is -2.37. The highest BCUT2D eigenvalue weighted by Gasteiger charge is 2.25. The first kappa shape index (κ1) is 20.1. The van der Waals surface area contributed by atoms with Gasteiger partial charge in [-0.25, -0.2) is 0 Å². The molecule has 2 aliphatic heterocycles. The van der Waals surface area contributed by atoms with Gasteiger partial charge in [-0.1, -0.05) is 18.2 Å². The number of hydrogen-bond acceptors (Lipinski definition) is 3. The average Bonchev–Trinajstić information content (AvgIpc) is 3.01. The maximum absolute atomic E-state index is 12.3. The summed E-state index contributed by atoms with van der Waals surface area (Å²) < 4.78 is 0. The highest BCUT2D eigenvalue weighted by Crippen LogP contribution is 2.21. The van der Waals surface area contributed by atoms with Crippen molar-refractivity contribution in [3.05, 3.63) is 29.8 Å². The molecular weight excluding hydrogens is 333 g/mol. The number of halogens is 2. The second-order valence-electron chi connectivity index (χ2n) is 6.15. The molecule has 0 spiro atoms. The van der Waals surface area contributed by atoms with Crippen LogP contribution in [0.3, 0.4) is 0 Å². The minimum absolute atomic E-state index is 0. The Labute approximate surface area is 151 Å². The predicted molar refractivity (Wildman–Crippen MR) is 100 cm³/mol. The van der Waals surface area contributed by atoms with E-state index in [9.17, 15) is 4.79 Å². The Morgan fingerprint density at radius 3 is 2.48 bits per heavy atom. The fraction of sp³-hybridized carbons (Fsp3) is 0.588. The number of rotatable bonds is 3. The van der Waals surface area contributed by atoms with Crippen molar-refractivity contribution in [2.24, 2.45) is 0 Å². The van der Waals surface area contributed by atoms with Gasteiger partial charge in [0.2, 0.25) is 5.91 Å². The van der Waals surface area contributed by atoms with Crippen LogP contribution in [-0.2, 0) is 4.79 Å². The van der Waals surface area contributed by atoms with Gasteiger partial charge in [0.15, 0.2) is 0 Å². The number of carbonyl (C=O) groups excluding carboxylic acids is 1.